The van der Waals surface area contributed by atoms with E-state index in [-0.39, 0.29) is 11.9 Å². The number of rotatable bonds is 3. The second-order valence-corrected chi connectivity index (χ2v) is 6.41. The molecule has 156 valence electrons. The van der Waals surface area contributed by atoms with Gasteiger partial charge >= 0.3 is 11.9 Å². The molecule has 2 N–H and O–H groups in total. The second kappa shape index (κ2) is 9.24. The molecule has 1 aliphatic rings. The molecular formula is C18H23N5O6. The molecule has 11 nitrogen and oxygen atoms in total. The molecule has 0 spiro atoms. The van der Waals surface area contributed by atoms with Crippen LogP contribution in [0.3, 0.4) is 0 Å². The van der Waals surface area contributed by atoms with Gasteiger partial charge in [0.15, 0.2) is 0 Å². The smallest absolute Gasteiger partial charge is 0.414 e. The minimum atomic E-state index is -1.82. The fraction of sp³-hybridized carbons (Fsp3) is 0.444. The van der Waals surface area contributed by atoms with Crippen molar-refractivity contribution in [3.05, 3.63) is 41.0 Å². The van der Waals surface area contributed by atoms with E-state index >= 15 is 0 Å². The Balaban J connectivity index is 0.000000438. The quantitative estimate of drug-likeness (QED) is 0.708. The van der Waals surface area contributed by atoms with Gasteiger partial charge in [0.05, 0.1) is 24.5 Å². The summed E-state index contributed by atoms with van der Waals surface area (Å²) in [6.45, 7) is 7.63. The second-order valence-electron chi connectivity index (χ2n) is 6.41. The number of ether oxygens (including phenoxy) is 1. The third-order valence-corrected chi connectivity index (χ3v) is 4.65. The molecule has 0 aromatic carbocycles. The number of carbonyl (C=O) groups excluding carboxylic acids is 1. The number of fused-ring (bicyclic) bond motifs is 1. The number of carboxylic acid groups (broad SMARTS) is 2. The molecule has 0 radical (unpaired) electrons. The summed E-state index contributed by atoms with van der Waals surface area (Å²) < 4.78 is 7.34. The van der Waals surface area contributed by atoms with Crippen LogP contribution in [0.25, 0.3) is 0 Å². The monoisotopic (exact) mass is 405 g/mol. The van der Waals surface area contributed by atoms with E-state index in [1.165, 1.54) is 6.33 Å². The molecule has 1 unspecified atom stereocenters. The number of nitrogens with zero attached hydrogens (tertiary/aromatic N) is 5. The Bertz CT molecular complexity index is 913. The van der Waals surface area contributed by atoms with Crippen molar-refractivity contribution in [3.8, 4) is 0 Å². The summed E-state index contributed by atoms with van der Waals surface area (Å²) in [5, 5.41) is 14.8. The zero-order chi connectivity index (χ0) is 21.7. The van der Waals surface area contributed by atoms with Crippen molar-refractivity contribution in [2.75, 3.05) is 13.7 Å². The fourth-order valence-electron chi connectivity index (χ4n) is 2.99. The van der Waals surface area contributed by atoms with Gasteiger partial charge < -0.3 is 24.4 Å². The summed E-state index contributed by atoms with van der Waals surface area (Å²) in [5.74, 6) is -2.83. The summed E-state index contributed by atoms with van der Waals surface area (Å²) in [7, 11) is 1.67. The molecule has 2 aromatic heterocycles. The molecule has 0 bridgehead atoms. The first kappa shape index (κ1) is 22.0. The number of amides is 1. The molecule has 0 saturated carbocycles. The number of imidazole rings is 1. The van der Waals surface area contributed by atoms with Gasteiger partial charge in [-0.15, -0.1) is 0 Å². The van der Waals surface area contributed by atoms with Crippen LogP contribution >= 0.6 is 0 Å². The van der Waals surface area contributed by atoms with E-state index in [2.05, 4.69) is 19.5 Å². The van der Waals surface area contributed by atoms with Crippen LogP contribution in [0.2, 0.25) is 0 Å². The summed E-state index contributed by atoms with van der Waals surface area (Å²) in [6, 6.07) is -0.100. The minimum absolute atomic E-state index is 0.0666. The van der Waals surface area contributed by atoms with Gasteiger partial charge in [-0.3, -0.25) is 4.79 Å². The average molecular weight is 405 g/mol. The van der Waals surface area contributed by atoms with E-state index in [1.54, 1.807) is 7.11 Å². The van der Waals surface area contributed by atoms with Crippen LogP contribution in [0, 0.1) is 13.8 Å². The summed E-state index contributed by atoms with van der Waals surface area (Å²) in [4.78, 5) is 45.7. The molecule has 3 rings (SSSR count). The fourth-order valence-corrected chi connectivity index (χ4v) is 2.99. The number of hydrogen-bond acceptors (Lipinski definition) is 7. The molecule has 29 heavy (non-hydrogen) atoms. The van der Waals surface area contributed by atoms with Crippen molar-refractivity contribution in [1.82, 2.24) is 24.4 Å². The Morgan fingerprint density at radius 1 is 1.14 bits per heavy atom. The van der Waals surface area contributed by atoms with Gasteiger partial charge in [0, 0.05) is 31.5 Å². The van der Waals surface area contributed by atoms with E-state index in [1.807, 2.05) is 31.9 Å². The van der Waals surface area contributed by atoms with Gasteiger partial charge in [0.1, 0.15) is 17.8 Å². The Kier molecular flexibility index (Phi) is 6.99. The zero-order valence-corrected chi connectivity index (χ0v) is 16.6. The molecule has 1 amide bonds. The van der Waals surface area contributed by atoms with Gasteiger partial charge in [0.2, 0.25) is 0 Å². The molecule has 11 heteroatoms. The Labute approximate surface area is 167 Å². The van der Waals surface area contributed by atoms with Crippen molar-refractivity contribution in [2.45, 2.75) is 40.0 Å². The first-order valence-corrected chi connectivity index (χ1v) is 8.77. The van der Waals surface area contributed by atoms with Gasteiger partial charge in [-0.25, -0.2) is 24.5 Å². The highest BCUT2D eigenvalue weighted by molar-refractivity contribution is 6.27. The van der Waals surface area contributed by atoms with Crippen molar-refractivity contribution in [1.29, 1.82) is 0 Å². The molecule has 2 aromatic rings. The lowest BCUT2D eigenvalue weighted by Gasteiger charge is -2.34. The Morgan fingerprint density at radius 2 is 1.79 bits per heavy atom. The zero-order valence-electron chi connectivity index (χ0n) is 16.6. The number of aryl methyl sites for hydroxylation is 1. The third kappa shape index (κ3) is 4.74. The van der Waals surface area contributed by atoms with Gasteiger partial charge in [-0.05, 0) is 20.8 Å². The molecule has 1 aliphatic heterocycles. The number of hydrogen-bond donors (Lipinski definition) is 2. The highest BCUT2D eigenvalue weighted by Crippen LogP contribution is 2.27. The van der Waals surface area contributed by atoms with Crippen molar-refractivity contribution < 1.29 is 29.3 Å². The molecule has 3 heterocycles. The lowest BCUT2D eigenvalue weighted by atomic mass is 10.1. The Hall–Kier alpha value is -3.34. The van der Waals surface area contributed by atoms with Crippen LogP contribution in [0.15, 0.2) is 12.5 Å². The predicted octanol–water partition coefficient (Wildman–Crippen LogP) is 0.809. The van der Waals surface area contributed by atoms with Gasteiger partial charge in [-0.1, -0.05) is 0 Å². The highest BCUT2D eigenvalue weighted by atomic mass is 16.5. The van der Waals surface area contributed by atoms with Crippen LogP contribution in [0.1, 0.15) is 46.2 Å². The molecule has 0 saturated heterocycles. The van der Waals surface area contributed by atoms with Gasteiger partial charge in [0.25, 0.3) is 5.91 Å². The number of carboxylic acids is 2. The standard InChI is InChI=1S/C16H21N5O2.C2H2O4/c1-10-11(2)18-9-19-14(10)16(22)20-5-6-21-13(8-23-4)7-17-15(21)12(20)3;3-1(4)2(5)6/h7,9,12H,5-6,8H2,1-4H3;(H,3,4)(H,5,6). The summed E-state index contributed by atoms with van der Waals surface area (Å²) in [6.07, 6.45) is 3.27. The van der Waals surface area contributed by atoms with E-state index in [9.17, 15) is 4.79 Å². The largest absolute Gasteiger partial charge is 0.473 e. The first-order valence-electron chi connectivity index (χ1n) is 8.77. The van der Waals surface area contributed by atoms with Gasteiger partial charge in [-0.2, -0.15) is 0 Å². The maximum Gasteiger partial charge on any atom is 0.414 e. The van der Waals surface area contributed by atoms with Crippen LogP contribution in [-0.4, -0.2) is 66.1 Å². The number of aliphatic carboxylic acids is 2. The third-order valence-electron chi connectivity index (χ3n) is 4.65. The van der Waals surface area contributed by atoms with Crippen LogP contribution in [-0.2, 0) is 27.5 Å². The van der Waals surface area contributed by atoms with E-state index in [0.29, 0.717) is 25.4 Å². The molecular weight excluding hydrogens is 382 g/mol. The molecule has 0 fully saturated rings. The van der Waals surface area contributed by atoms with Crippen molar-refractivity contribution in [2.24, 2.45) is 0 Å². The highest BCUT2D eigenvalue weighted by Gasteiger charge is 2.32. The molecule has 1 atom stereocenters. The predicted molar refractivity (Wildman–Crippen MR) is 99.2 cm³/mol. The maximum absolute atomic E-state index is 12.9. The van der Waals surface area contributed by atoms with E-state index in [0.717, 1.165) is 22.8 Å². The summed E-state index contributed by atoms with van der Waals surface area (Å²) in [5.41, 5.74) is 3.17. The van der Waals surface area contributed by atoms with Crippen molar-refractivity contribution in [3.63, 3.8) is 0 Å². The number of methoxy groups -OCH3 is 1. The molecule has 0 aliphatic carbocycles. The van der Waals surface area contributed by atoms with Crippen LogP contribution in [0.5, 0.6) is 0 Å². The lowest BCUT2D eigenvalue weighted by Crippen LogP contribution is -2.42. The minimum Gasteiger partial charge on any atom is -0.473 e. The number of aromatic nitrogens is 4. The van der Waals surface area contributed by atoms with E-state index in [4.69, 9.17) is 24.5 Å². The van der Waals surface area contributed by atoms with Crippen molar-refractivity contribution >= 4 is 17.8 Å². The van der Waals surface area contributed by atoms with Crippen LogP contribution < -0.4 is 0 Å². The SMILES string of the molecule is COCc1cnc2n1CCN(C(=O)c1ncnc(C)c1C)C2C.O=C(O)C(=O)O. The van der Waals surface area contributed by atoms with E-state index < -0.39 is 11.9 Å². The number of carbonyl (C=O) groups is 3. The summed E-state index contributed by atoms with van der Waals surface area (Å²) >= 11 is 0. The Morgan fingerprint density at radius 3 is 2.38 bits per heavy atom. The first-order chi connectivity index (χ1) is 13.7. The topological polar surface area (TPSA) is 148 Å². The maximum atomic E-state index is 12.9. The average Bonchev–Trinajstić information content (AvgIpc) is 3.08. The van der Waals surface area contributed by atoms with Crippen LogP contribution in [0.4, 0.5) is 0 Å². The lowest BCUT2D eigenvalue weighted by molar-refractivity contribution is -0.159. The normalized spacial score (nSPS) is 15.2.